The van der Waals surface area contributed by atoms with E-state index in [1.54, 1.807) is 13.8 Å². The molecule has 0 aromatic rings. The topological polar surface area (TPSA) is 74.2 Å². The summed E-state index contributed by atoms with van der Waals surface area (Å²) in [6.07, 6.45) is -3.02. The van der Waals surface area contributed by atoms with Crippen molar-refractivity contribution in [3.05, 3.63) is 0 Å². The Labute approximate surface area is 133 Å². The van der Waals surface area contributed by atoms with E-state index >= 15 is 0 Å². The molecule has 1 N–H and O–H groups in total. The van der Waals surface area contributed by atoms with Crippen LogP contribution in [0.25, 0.3) is 0 Å². The third-order valence-electron chi connectivity index (χ3n) is 4.74. The summed E-state index contributed by atoms with van der Waals surface area (Å²) in [5, 5.41) is 10.4. The Morgan fingerprint density at radius 3 is 2.45 bits per heavy atom. The molecule has 2 aliphatic rings. The molecule has 0 aromatic heterocycles. The summed E-state index contributed by atoms with van der Waals surface area (Å²) in [5.41, 5.74) is 0. The van der Waals surface area contributed by atoms with Gasteiger partial charge in [0.05, 0.1) is 6.61 Å². The zero-order chi connectivity index (χ0) is 16.9. The van der Waals surface area contributed by atoms with Crippen LogP contribution in [0.4, 0.5) is 0 Å². The van der Waals surface area contributed by atoms with Gasteiger partial charge in [0.15, 0.2) is 26.3 Å². The molecule has 2 fully saturated rings. The number of aliphatic hydroxyl groups excluding tert-OH is 1. The number of rotatable bonds is 4. The van der Waals surface area contributed by atoms with E-state index in [4.69, 9.17) is 18.6 Å². The maximum atomic E-state index is 11.8. The smallest absolute Gasteiger partial charge is 0.338 e. The van der Waals surface area contributed by atoms with Crippen molar-refractivity contribution in [2.75, 3.05) is 6.61 Å². The molecule has 0 aliphatic carbocycles. The highest BCUT2D eigenvalue weighted by molar-refractivity contribution is 6.74. The lowest BCUT2D eigenvalue weighted by atomic mass is 10.1. The Balaban J connectivity index is 1.99. The number of cyclic esters (lactones) is 1. The molecule has 0 amide bonds. The van der Waals surface area contributed by atoms with Crippen molar-refractivity contribution in [3.8, 4) is 0 Å². The maximum absolute atomic E-state index is 11.8. The van der Waals surface area contributed by atoms with E-state index in [0.717, 1.165) is 0 Å². The van der Waals surface area contributed by atoms with Gasteiger partial charge in [-0.2, -0.15) is 0 Å². The highest BCUT2D eigenvalue weighted by atomic mass is 28.4. The predicted molar refractivity (Wildman–Crippen MR) is 82.9 cm³/mol. The van der Waals surface area contributed by atoms with Gasteiger partial charge in [-0.15, -0.1) is 0 Å². The first-order valence-electron chi connectivity index (χ1n) is 7.72. The summed E-state index contributed by atoms with van der Waals surface area (Å²) < 4.78 is 22.5. The largest absolute Gasteiger partial charge is 0.455 e. The van der Waals surface area contributed by atoms with Crippen LogP contribution in [0.5, 0.6) is 0 Å². The van der Waals surface area contributed by atoms with Gasteiger partial charge < -0.3 is 23.7 Å². The number of ether oxygens (including phenoxy) is 3. The lowest BCUT2D eigenvalue weighted by Crippen LogP contribution is -2.46. The normalized spacial score (nSPS) is 32.7. The fraction of sp³-hybridized carbons (Fsp3) is 0.933. The van der Waals surface area contributed by atoms with Crippen molar-refractivity contribution in [1.29, 1.82) is 0 Å². The number of hydrogen-bond acceptors (Lipinski definition) is 6. The van der Waals surface area contributed by atoms with Gasteiger partial charge in [0.25, 0.3) is 0 Å². The molecule has 2 rings (SSSR count). The molecule has 0 bridgehead atoms. The highest BCUT2D eigenvalue weighted by Crippen LogP contribution is 2.39. The van der Waals surface area contributed by atoms with Crippen molar-refractivity contribution >= 4 is 14.3 Å². The highest BCUT2D eigenvalue weighted by Gasteiger charge is 2.58. The van der Waals surface area contributed by atoms with E-state index in [2.05, 4.69) is 33.9 Å². The molecule has 0 saturated carbocycles. The van der Waals surface area contributed by atoms with Gasteiger partial charge in [0.1, 0.15) is 12.2 Å². The molecule has 22 heavy (non-hydrogen) atoms. The summed E-state index contributed by atoms with van der Waals surface area (Å²) in [5.74, 6) is -1.32. The van der Waals surface area contributed by atoms with E-state index in [1.807, 2.05) is 0 Å². The van der Waals surface area contributed by atoms with Gasteiger partial charge in [0, 0.05) is 0 Å². The molecule has 4 atom stereocenters. The monoisotopic (exact) mass is 332 g/mol. The first kappa shape index (κ1) is 17.9. The summed E-state index contributed by atoms with van der Waals surface area (Å²) >= 11 is 0. The van der Waals surface area contributed by atoms with Crippen molar-refractivity contribution in [2.45, 2.75) is 83.0 Å². The summed E-state index contributed by atoms with van der Waals surface area (Å²) in [4.78, 5) is 11.8. The number of fused-ring (bicyclic) bond motifs is 1. The fourth-order valence-electron chi connectivity index (χ4n) is 2.38. The van der Waals surface area contributed by atoms with Gasteiger partial charge in [-0.3, -0.25) is 0 Å². The molecule has 2 unspecified atom stereocenters. The van der Waals surface area contributed by atoms with E-state index in [9.17, 15) is 9.90 Å². The minimum atomic E-state index is -1.97. The number of aliphatic hydroxyl groups is 1. The quantitative estimate of drug-likeness (QED) is 0.625. The van der Waals surface area contributed by atoms with E-state index in [0.29, 0.717) is 0 Å². The molecule has 2 saturated heterocycles. The standard InChI is InChI=1S/C15H28O6Si/c1-14(2,3)22(6,7)18-8-9(16)10-11-12(13(17)19-10)21-15(4,5)20-11/h9-12,16H,8H2,1-7H3/t9?,10-,11-,12?/m1/s1. The van der Waals surface area contributed by atoms with E-state index in [-0.39, 0.29) is 11.6 Å². The van der Waals surface area contributed by atoms with Crippen LogP contribution in [0, 0.1) is 0 Å². The van der Waals surface area contributed by atoms with Crippen molar-refractivity contribution in [1.82, 2.24) is 0 Å². The number of carbonyl (C=O) groups is 1. The average Bonchev–Trinajstić information content (AvgIpc) is 2.80. The lowest BCUT2D eigenvalue weighted by Gasteiger charge is -2.37. The summed E-state index contributed by atoms with van der Waals surface area (Å²) in [6, 6.07) is 0. The third kappa shape index (κ3) is 3.38. The summed E-state index contributed by atoms with van der Waals surface area (Å²) in [6.45, 7) is 14.2. The molecular weight excluding hydrogens is 304 g/mol. The number of carbonyl (C=O) groups excluding carboxylic acids is 1. The maximum Gasteiger partial charge on any atom is 0.338 e. The van der Waals surface area contributed by atoms with Crippen molar-refractivity contribution in [2.24, 2.45) is 0 Å². The Hall–Kier alpha value is -0.473. The van der Waals surface area contributed by atoms with Crippen LogP contribution in [0.3, 0.4) is 0 Å². The molecule has 0 spiro atoms. The van der Waals surface area contributed by atoms with Crippen molar-refractivity contribution in [3.63, 3.8) is 0 Å². The zero-order valence-electron chi connectivity index (χ0n) is 14.5. The van der Waals surface area contributed by atoms with Crippen LogP contribution in [-0.2, 0) is 23.4 Å². The molecule has 6 nitrogen and oxygen atoms in total. The van der Waals surface area contributed by atoms with Gasteiger partial charge in [0.2, 0.25) is 0 Å². The zero-order valence-corrected chi connectivity index (χ0v) is 15.5. The second kappa shape index (κ2) is 5.56. The number of hydrogen-bond donors (Lipinski definition) is 1. The first-order chi connectivity index (χ1) is 9.84. The SMILES string of the molecule is CC1(C)OC2C(=O)O[C@H](C(O)CO[Si](C)(C)C(C)(C)C)[C@H]2O1. The van der Waals surface area contributed by atoms with Crippen LogP contribution < -0.4 is 0 Å². The Morgan fingerprint density at radius 2 is 1.91 bits per heavy atom. The lowest BCUT2D eigenvalue weighted by molar-refractivity contribution is -0.194. The molecule has 7 heteroatoms. The Morgan fingerprint density at radius 1 is 1.32 bits per heavy atom. The van der Waals surface area contributed by atoms with Gasteiger partial charge in [-0.05, 0) is 32.0 Å². The van der Waals surface area contributed by atoms with Gasteiger partial charge in [-0.1, -0.05) is 20.8 Å². The van der Waals surface area contributed by atoms with Gasteiger partial charge in [-0.25, -0.2) is 4.79 Å². The van der Waals surface area contributed by atoms with E-state index in [1.165, 1.54) is 0 Å². The Kier molecular flexibility index (Phi) is 4.52. The number of esters is 1. The molecule has 0 radical (unpaired) electrons. The predicted octanol–water partition coefficient (Wildman–Crippen LogP) is 1.81. The first-order valence-corrected chi connectivity index (χ1v) is 10.6. The fourth-order valence-corrected chi connectivity index (χ4v) is 3.40. The molecular formula is C15H28O6Si. The van der Waals surface area contributed by atoms with Crippen LogP contribution in [-0.4, -0.2) is 56.2 Å². The summed E-state index contributed by atoms with van der Waals surface area (Å²) in [7, 11) is -1.97. The molecule has 2 heterocycles. The van der Waals surface area contributed by atoms with Crippen LogP contribution in [0.1, 0.15) is 34.6 Å². The minimum absolute atomic E-state index is 0.0522. The van der Waals surface area contributed by atoms with Gasteiger partial charge >= 0.3 is 5.97 Å². The Bertz CT molecular complexity index is 442. The van der Waals surface area contributed by atoms with Crippen LogP contribution in [0.2, 0.25) is 18.1 Å². The minimum Gasteiger partial charge on any atom is -0.455 e. The average molecular weight is 332 g/mol. The van der Waals surface area contributed by atoms with Crippen LogP contribution >= 0.6 is 0 Å². The molecule has 2 aliphatic heterocycles. The molecule has 0 aromatic carbocycles. The van der Waals surface area contributed by atoms with Crippen molar-refractivity contribution < 1.29 is 28.5 Å². The third-order valence-corrected chi connectivity index (χ3v) is 9.24. The second-order valence-electron chi connectivity index (χ2n) is 8.06. The molecule has 128 valence electrons. The van der Waals surface area contributed by atoms with Crippen LogP contribution in [0.15, 0.2) is 0 Å². The van der Waals surface area contributed by atoms with E-state index < -0.39 is 44.5 Å². The second-order valence-corrected chi connectivity index (χ2v) is 12.9.